The molecule has 0 spiro atoms. The highest BCUT2D eigenvalue weighted by atomic mass is 16.3. The molecule has 15 heavy (non-hydrogen) atoms. The highest BCUT2D eigenvalue weighted by Crippen LogP contribution is 2.29. The Bertz CT molecular complexity index is 236. The number of hydrogen-bond acceptors (Lipinski definition) is 3. The van der Waals surface area contributed by atoms with Crippen LogP contribution in [0.2, 0.25) is 0 Å². The largest absolute Gasteiger partial charge is 0.393 e. The van der Waals surface area contributed by atoms with Gasteiger partial charge < -0.3 is 10.0 Å². The lowest BCUT2D eigenvalue weighted by Crippen LogP contribution is -2.43. The molecule has 0 aromatic carbocycles. The van der Waals surface area contributed by atoms with Crippen molar-refractivity contribution >= 4 is 5.78 Å². The topological polar surface area (TPSA) is 40.5 Å². The first kappa shape index (κ1) is 11.1. The van der Waals surface area contributed by atoms with E-state index < -0.39 is 0 Å². The fourth-order valence-electron chi connectivity index (χ4n) is 2.78. The van der Waals surface area contributed by atoms with Crippen molar-refractivity contribution < 1.29 is 9.90 Å². The minimum atomic E-state index is -0.0589. The van der Waals surface area contributed by atoms with Gasteiger partial charge in [0.15, 0.2) is 0 Å². The molecular formula is C12H21NO2. The van der Waals surface area contributed by atoms with Crippen LogP contribution in [0.25, 0.3) is 0 Å². The average molecular weight is 211 g/mol. The molecule has 86 valence electrons. The Labute approximate surface area is 91.5 Å². The van der Waals surface area contributed by atoms with Crippen molar-refractivity contribution in [2.75, 3.05) is 13.6 Å². The van der Waals surface area contributed by atoms with Crippen LogP contribution in [0.1, 0.15) is 38.5 Å². The summed E-state index contributed by atoms with van der Waals surface area (Å²) in [4.78, 5) is 13.7. The summed E-state index contributed by atoms with van der Waals surface area (Å²) in [5.74, 6) is 1.08. The second-order valence-corrected chi connectivity index (χ2v) is 5.22. The Morgan fingerprint density at radius 1 is 1.47 bits per heavy atom. The number of aliphatic hydroxyl groups is 1. The van der Waals surface area contributed by atoms with Crippen molar-refractivity contribution in [3.05, 3.63) is 0 Å². The molecule has 0 bridgehead atoms. The lowest BCUT2D eigenvalue weighted by molar-refractivity contribution is -0.122. The van der Waals surface area contributed by atoms with Gasteiger partial charge in [-0.2, -0.15) is 0 Å². The number of ketones is 1. The Kier molecular flexibility index (Phi) is 3.42. The van der Waals surface area contributed by atoms with Crippen molar-refractivity contribution in [1.29, 1.82) is 0 Å². The number of carbonyl (C=O) groups is 1. The van der Waals surface area contributed by atoms with Gasteiger partial charge in [0.25, 0.3) is 0 Å². The van der Waals surface area contributed by atoms with Crippen LogP contribution in [0.15, 0.2) is 0 Å². The second-order valence-electron chi connectivity index (χ2n) is 5.22. The van der Waals surface area contributed by atoms with E-state index in [0.717, 1.165) is 45.1 Å². The first-order valence-corrected chi connectivity index (χ1v) is 6.05. The van der Waals surface area contributed by atoms with Crippen LogP contribution < -0.4 is 0 Å². The summed E-state index contributed by atoms with van der Waals surface area (Å²) in [6, 6.07) is 0.462. The number of hydrogen-bond donors (Lipinski definition) is 1. The Morgan fingerprint density at radius 2 is 2.20 bits per heavy atom. The summed E-state index contributed by atoms with van der Waals surface area (Å²) in [6.45, 7) is 1.05. The SMILES string of the molecule is CN(CC1CC(O)C1)C1CCCC(=O)C1. The normalized spacial score (nSPS) is 36.7. The fraction of sp³-hybridized carbons (Fsp3) is 0.917. The summed E-state index contributed by atoms with van der Waals surface area (Å²) in [5.41, 5.74) is 0. The third kappa shape index (κ3) is 2.79. The Hall–Kier alpha value is -0.410. The van der Waals surface area contributed by atoms with Crippen molar-refractivity contribution in [1.82, 2.24) is 4.90 Å². The van der Waals surface area contributed by atoms with E-state index in [1.54, 1.807) is 0 Å². The van der Waals surface area contributed by atoms with Gasteiger partial charge in [-0.1, -0.05) is 0 Å². The number of carbonyl (C=O) groups excluding carboxylic acids is 1. The fourth-order valence-corrected chi connectivity index (χ4v) is 2.78. The molecule has 2 rings (SSSR count). The highest BCUT2D eigenvalue weighted by molar-refractivity contribution is 5.79. The monoisotopic (exact) mass is 211 g/mol. The summed E-state index contributed by atoms with van der Waals surface area (Å²) < 4.78 is 0. The molecule has 1 unspecified atom stereocenters. The minimum Gasteiger partial charge on any atom is -0.393 e. The molecule has 0 saturated heterocycles. The standard InChI is InChI=1S/C12H21NO2/c1-13(8-9-5-12(15)6-9)10-3-2-4-11(14)7-10/h9-10,12,15H,2-8H2,1H3. The van der Waals surface area contributed by atoms with Gasteiger partial charge in [0.05, 0.1) is 6.10 Å². The molecule has 2 saturated carbocycles. The van der Waals surface area contributed by atoms with E-state index in [9.17, 15) is 9.90 Å². The zero-order chi connectivity index (χ0) is 10.8. The average Bonchev–Trinajstić information content (AvgIpc) is 2.15. The molecule has 0 radical (unpaired) electrons. The summed E-state index contributed by atoms with van der Waals surface area (Å²) in [7, 11) is 2.12. The van der Waals surface area contributed by atoms with Crippen LogP contribution >= 0.6 is 0 Å². The molecule has 1 atom stereocenters. The molecule has 2 aliphatic rings. The molecule has 3 heteroatoms. The number of rotatable bonds is 3. The molecular weight excluding hydrogens is 190 g/mol. The van der Waals surface area contributed by atoms with Crippen LogP contribution in [0, 0.1) is 5.92 Å². The Morgan fingerprint density at radius 3 is 2.80 bits per heavy atom. The van der Waals surface area contributed by atoms with E-state index in [4.69, 9.17) is 0 Å². The van der Waals surface area contributed by atoms with Gasteiger partial charge >= 0.3 is 0 Å². The molecule has 2 fully saturated rings. The smallest absolute Gasteiger partial charge is 0.134 e. The van der Waals surface area contributed by atoms with E-state index in [2.05, 4.69) is 11.9 Å². The lowest BCUT2D eigenvalue weighted by atomic mass is 9.81. The predicted molar refractivity (Wildman–Crippen MR) is 58.6 cm³/mol. The minimum absolute atomic E-state index is 0.0589. The van der Waals surface area contributed by atoms with Crippen molar-refractivity contribution in [2.45, 2.75) is 50.7 Å². The molecule has 0 aromatic heterocycles. The van der Waals surface area contributed by atoms with Crippen LogP contribution in [0.3, 0.4) is 0 Å². The van der Waals surface area contributed by atoms with E-state index in [1.165, 1.54) is 0 Å². The van der Waals surface area contributed by atoms with E-state index in [1.807, 2.05) is 0 Å². The summed E-state index contributed by atoms with van der Waals surface area (Å²) in [6.07, 6.45) is 5.59. The highest BCUT2D eigenvalue weighted by Gasteiger charge is 2.30. The first-order chi connectivity index (χ1) is 7.15. The summed E-state index contributed by atoms with van der Waals surface area (Å²) in [5, 5.41) is 9.21. The van der Waals surface area contributed by atoms with Gasteiger partial charge in [0, 0.05) is 25.4 Å². The third-order valence-electron chi connectivity index (χ3n) is 3.84. The van der Waals surface area contributed by atoms with Gasteiger partial charge in [0.2, 0.25) is 0 Å². The van der Waals surface area contributed by atoms with Crippen molar-refractivity contribution in [3.63, 3.8) is 0 Å². The van der Waals surface area contributed by atoms with Gasteiger partial charge in [-0.3, -0.25) is 4.79 Å². The zero-order valence-electron chi connectivity index (χ0n) is 9.48. The van der Waals surface area contributed by atoms with E-state index >= 15 is 0 Å². The number of aliphatic hydroxyl groups excluding tert-OH is 1. The van der Waals surface area contributed by atoms with Crippen LogP contribution in [0.4, 0.5) is 0 Å². The van der Waals surface area contributed by atoms with Crippen LogP contribution in [-0.2, 0) is 4.79 Å². The molecule has 0 aromatic rings. The molecule has 0 amide bonds. The molecule has 3 nitrogen and oxygen atoms in total. The number of Topliss-reactive ketones (excluding diaryl/α,β-unsaturated/α-hetero) is 1. The van der Waals surface area contributed by atoms with Gasteiger partial charge in [-0.15, -0.1) is 0 Å². The second kappa shape index (κ2) is 4.62. The van der Waals surface area contributed by atoms with Gasteiger partial charge in [-0.25, -0.2) is 0 Å². The quantitative estimate of drug-likeness (QED) is 0.762. The Balaban J connectivity index is 1.74. The third-order valence-corrected chi connectivity index (χ3v) is 3.84. The van der Waals surface area contributed by atoms with E-state index in [0.29, 0.717) is 17.7 Å². The summed E-state index contributed by atoms with van der Waals surface area (Å²) >= 11 is 0. The van der Waals surface area contributed by atoms with Crippen LogP contribution in [-0.4, -0.2) is 41.5 Å². The van der Waals surface area contributed by atoms with Crippen LogP contribution in [0.5, 0.6) is 0 Å². The molecule has 0 aliphatic heterocycles. The van der Waals surface area contributed by atoms with Gasteiger partial charge in [0.1, 0.15) is 5.78 Å². The van der Waals surface area contributed by atoms with E-state index in [-0.39, 0.29) is 6.10 Å². The zero-order valence-corrected chi connectivity index (χ0v) is 9.48. The van der Waals surface area contributed by atoms with Gasteiger partial charge in [-0.05, 0) is 38.6 Å². The molecule has 0 heterocycles. The predicted octanol–water partition coefficient (Wildman–Crippen LogP) is 1.20. The maximum absolute atomic E-state index is 11.3. The van der Waals surface area contributed by atoms with Crippen molar-refractivity contribution in [2.24, 2.45) is 5.92 Å². The van der Waals surface area contributed by atoms with Crippen molar-refractivity contribution in [3.8, 4) is 0 Å². The first-order valence-electron chi connectivity index (χ1n) is 6.05. The molecule has 1 N–H and O–H groups in total. The lowest BCUT2D eigenvalue weighted by Gasteiger charge is -2.38. The maximum Gasteiger partial charge on any atom is 0.134 e. The number of nitrogens with zero attached hydrogens (tertiary/aromatic N) is 1. The molecule has 2 aliphatic carbocycles. The maximum atomic E-state index is 11.3.